The molecule has 5 heterocycles. The molecule has 5 saturated heterocycles. The normalized spacial score (nSPS) is 50.8. The minimum Gasteiger partial charge on any atom is -0.668 e. The largest absolute Gasteiger partial charge is 0.668 e. The van der Waals surface area contributed by atoms with Gasteiger partial charge in [-0.2, -0.15) is 0 Å². The third-order valence-electron chi connectivity index (χ3n) is 10.7. The minimum absolute atomic E-state index is 0. The van der Waals surface area contributed by atoms with Gasteiger partial charge in [0, 0.05) is 44.1 Å². The van der Waals surface area contributed by atoms with Gasteiger partial charge >= 0.3 is 0 Å². The zero-order valence-electron chi connectivity index (χ0n) is 31.7. The minimum atomic E-state index is -2.05. The van der Waals surface area contributed by atoms with E-state index in [9.17, 15) is 71.5 Å². The molecule has 15 N–H and O–H groups in total. The van der Waals surface area contributed by atoms with Gasteiger partial charge in [-0.05, 0) is 6.92 Å². The fourth-order valence-corrected chi connectivity index (χ4v) is 7.25. The van der Waals surface area contributed by atoms with E-state index in [0.29, 0.717) is 0 Å². The van der Waals surface area contributed by atoms with Crippen molar-refractivity contribution in [2.24, 2.45) is 0 Å². The van der Waals surface area contributed by atoms with Crippen molar-refractivity contribution < 1.29 is 163 Å². The molecular formula is C33H56AcNO24-. The molecule has 0 aromatic carbocycles. The zero-order valence-corrected chi connectivity index (χ0v) is 36.4. The van der Waals surface area contributed by atoms with Gasteiger partial charge in [0.25, 0.3) is 0 Å². The van der Waals surface area contributed by atoms with Crippen LogP contribution in [0, 0.1) is 44.1 Å². The Morgan fingerprint density at radius 1 is 0.458 bits per heavy atom. The molecule has 0 aromatic rings. The number of nitrogens with one attached hydrogen (secondary N) is 1. The molecule has 12 unspecified atom stereocenters. The molecule has 25 nitrogen and oxygen atoms in total. The van der Waals surface area contributed by atoms with Crippen molar-refractivity contribution in [2.45, 2.75) is 160 Å². The molecule has 0 spiro atoms. The van der Waals surface area contributed by atoms with Crippen LogP contribution in [-0.4, -0.2) is 258 Å². The smallest absolute Gasteiger partial charge is 0.187 e. The maximum absolute atomic E-state index is 11.4. The van der Waals surface area contributed by atoms with Gasteiger partial charge < -0.3 is 125 Å². The number of aliphatic hydroxyl groups is 14. The van der Waals surface area contributed by atoms with E-state index >= 15 is 0 Å². The van der Waals surface area contributed by atoms with Crippen molar-refractivity contribution in [1.82, 2.24) is 0 Å². The van der Waals surface area contributed by atoms with Crippen LogP contribution < -0.4 is 0 Å². The van der Waals surface area contributed by atoms with Crippen molar-refractivity contribution in [3.8, 4) is 0 Å². The molecule has 5 fully saturated rings. The van der Waals surface area contributed by atoms with Gasteiger partial charge in [-0.1, -0.05) is 12.1 Å². The van der Waals surface area contributed by atoms with E-state index in [1.807, 2.05) is 0 Å². The average Bonchev–Trinajstić information content (AvgIpc) is 3.21. The summed E-state index contributed by atoms with van der Waals surface area (Å²) in [7, 11) is 0. The van der Waals surface area contributed by atoms with Gasteiger partial charge in [0.2, 0.25) is 0 Å². The van der Waals surface area contributed by atoms with Crippen LogP contribution in [0.3, 0.4) is 0 Å². The summed E-state index contributed by atoms with van der Waals surface area (Å²) < 4.78 is 56.2. The predicted molar refractivity (Wildman–Crippen MR) is 181 cm³/mol. The standard InChI is InChI=1S/C33H56NO24.Ac/c1-3-4-49-30-23(47)21(45)25(13(8-38)54-30)55-32-24(48)27(18(42)12(7-37)52-32)57-29-14(34)26(17(41)11(6-36)51-29)56-33-28(20(44)16(40)10(5-35)53-33)58-31-22(46)19(43)15(39)9(2)50-31;/h3,9-48H,1,4-8H2,2H3;/q-1;/t9?,10?,11?,12?,13?,14?,15-,16-,17-,18?,19-,20-,21+,22?,23?,24?,25-,26+,27-,28?,29?,30+,31-,32-,33-;/m0./s1. The summed E-state index contributed by atoms with van der Waals surface area (Å²) in [5.41, 5.74) is 8.98. The fraction of sp³-hybridized carbons (Fsp3) is 0.939. The maximum atomic E-state index is 11.4. The summed E-state index contributed by atoms with van der Waals surface area (Å²) in [4.78, 5) is 0. The van der Waals surface area contributed by atoms with Crippen LogP contribution in [-0.2, 0) is 47.4 Å². The monoisotopic (exact) mass is 1080 g/mol. The number of rotatable bonds is 15. The summed E-state index contributed by atoms with van der Waals surface area (Å²) in [6, 6.07) is -1.91. The van der Waals surface area contributed by atoms with E-state index in [2.05, 4.69) is 6.58 Å². The van der Waals surface area contributed by atoms with E-state index in [1.165, 1.54) is 13.0 Å². The number of hydrogen-bond donors (Lipinski definition) is 14. The Bertz CT molecular complexity index is 1280. The van der Waals surface area contributed by atoms with Crippen LogP contribution in [0.25, 0.3) is 5.73 Å². The molecule has 0 amide bonds. The first-order valence-corrected chi connectivity index (χ1v) is 18.6. The van der Waals surface area contributed by atoms with Gasteiger partial charge in [0.05, 0.1) is 45.2 Å². The van der Waals surface area contributed by atoms with Crippen molar-refractivity contribution in [2.75, 3.05) is 33.0 Å². The SMILES string of the molecule is C=CCO[C@@H]1OC(CO)[C@H](O[C@@H]2OC(CO)C(O)[C@H](OC3OC(CO)[C@H](O)[C@H](O[C@@H]4OC(CO)[C@H](O)[C@H](O)C4O[C@@H]4OC(C)[C@H](O)[C@H](O)C4O)C3[NH-])C2O)[C@H](O)C1O.[Ac]. The first-order valence-electron chi connectivity index (χ1n) is 18.6. The molecule has 341 valence electrons. The maximum Gasteiger partial charge on any atom is 0.187 e. The van der Waals surface area contributed by atoms with Crippen molar-refractivity contribution >= 4 is 0 Å². The Labute approximate surface area is 372 Å². The van der Waals surface area contributed by atoms with Crippen molar-refractivity contribution in [1.29, 1.82) is 0 Å². The second kappa shape index (κ2) is 22.9. The van der Waals surface area contributed by atoms with Gasteiger partial charge in [-0.3, -0.25) is 0 Å². The van der Waals surface area contributed by atoms with E-state index < -0.39 is 180 Å². The number of ether oxygens (including phenoxy) is 10. The molecule has 0 aliphatic carbocycles. The summed E-state index contributed by atoms with van der Waals surface area (Å²) >= 11 is 0. The fourth-order valence-electron chi connectivity index (χ4n) is 7.25. The Morgan fingerprint density at radius 2 is 0.898 bits per heavy atom. The summed E-state index contributed by atoms with van der Waals surface area (Å²) in [6.45, 7) is 1.21. The van der Waals surface area contributed by atoms with Gasteiger partial charge in [0.15, 0.2) is 25.2 Å². The molecule has 25 atom stereocenters. The van der Waals surface area contributed by atoms with Crippen molar-refractivity contribution in [3.05, 3.63) is 18.4 Å². The van der Waals surface area contributed by atoms with Crippen molar-refractivity contribution in [3.63, 3.8) is 0 Å². The predicted octanol–water partition coefficient (Wildman–Crippen LogP) is -8.63. The number of aliphatic hydroxyl groups excluding tert-OH is 14. The summed E-state index contributed by atoms with van der Waals surface area (Å²) in [5.74, 6) is 0. The second-order valence-electron chi connectivity index (χ2n) is 14.6. The second-order valence-corrected chi connectivity index (χ2v) is 14.6. The molecule has 5 aliphatic rings. The topological polar surface area (TPSA) is 399 Å². The van der Waals surface area contributed by atoms with Gasteiger partial charge in [-0.15, -0.1) is 6.58 Å². The van der Waals surface area contributed by atoms with Gasteiger partial charge in [-0.25, -0.2) is 0 Å². The summed E-state index contributed by atoms with van der Waals surface area (Å²) in [5, 5.41) is 148. The summed E-state index contributed by atoms with van der Waals surface area (Å²) in [6.07, 6.45) is -40.4. The molecule has 5 rings (SSSR count). The molecule has 0 saturated carbocycles. The first-order chi connectivity index (χ1) is 27.5. The van der Waals surface area contributed by atoms with Crippen LogP contribution in [0.4, 0.5) is 0 Å². The van der Waals surface area contributed by atoms with E-state index in [1.54, 1.807) is 0 Å². The molecule has 59 heavy (non-hydrogen) atoms. The third-order valence-corrected chi connectivity index (χ3v) is 10.7. The van der Waals surface area contributed by atoms with E-state index in [4.69, 9.17) is 53.1 Å². The third kappa shape index (κ3) is 11.2. The first kappa shape index (κ1) is 51.8. The number of hydrogen-bond acceptors (Lipinski definition) is 24. The van der Waals surface area contributed by atoms with E-state index in [-0.39, 0.29) is 50.7 Å². The van der Waals surface area contributed by atoms with Crippen LogP contribution in [0.1, 0.15) is 6.92 Å². The van der Waals surface area contributed by atoms with Crippen LogP contribution >= 0.6 is 0 Å². The molecule has 26 heteroatoms. The zero-order chi connectivity index (χ0) is 42.7. The Hall–Kier alpha value is 0.182. The average molecular weight is 1080 g/mol. The van der Waals surface area contributed by atoms with Crippen LogP contribution in [0.15, 0.2) is 12.7 Å². The van der Waals surface area contributed by atoms with Crippen LogP contribution in [0.5, 0.6) is 0 Å². The van der Waals surface area contributed by atoms with E-state index in [0.717, 1.165) is 0 Å². The Kier molecular flexibility index (Phi) is 20.1. The quantitative estimate of drug-likeness (QED) is 0.0677. The van der Waals surface area contributed by atoms with Crippen LogP contribution in [0.2, 0.25) is 0 Å². The molecule has 1 radical (unpaired) electrons. The Balaban J connectivity index is 0.00000769. The molecule has 0 aromatic heterocycles. The van der Waals surface area contributed by atoms with Gasteiger partial charge in [0.1, 0.15) is 110 Å². The Morgan fingerprint density at radius 3 is 1.49 bits per heavy atom. The molecular weight excluding hydrogens is 1020 g/mol. The molecule has 5 aliphatic heterocycles. The molecule has 0 bridgehead atoms.